The number of sulfonamides is 1. The minimum absolute atomic E-state index is 0.00281. The van der Waals surface area contributed by atoms with Gasteiger partial charge in [-0.2, -0.15) is 0 Å². The maximum atomic E-state index is 14.5. The molecule has 7 nitrogen and oxygen atoms in total. The molecule has 0 radical (unpaired) electrons. The largest absolute Gasteiger partial charge is 0.352 e. The first-order valence-electron chi connectivity index (χ1n) is 15.1. The number of hydrogen-bond acceptors (Lipinski definition) is 4. The second-order valence-electron chi connectivity index (χ2n) is 11.4. The summed E-state index contributed by atoms with van der Waals surface area (Å²) in [5.74, 6) is -1.43. The van der Waals surface area contributed by atoms with Crippen molar-refractivity contribution in [1.29, 1.82) is 0 Å². The molecule has 242 valence electrons. The Kier molecular flexibility index (Phi) is 11.6. The normalized spacial score (nSPS) is 12.7. The third-order valence-electron chi connectivity index (χ3n) is 7.87. The Bertz CT molecular complexity index is 1750. The molecule has 0 saturated carbocycles. The van der Waals surface area contributed by atoms with E-state index in [0.717, 1.165) is 21.0 Å². The van der Waals surface area contributed by atoms with Crippen molar-refractivity contribution in [2.24, 2.45) is 0 Å². The minimum atomic E-state index is -4.26. The molecule has 10 heteroatoms. The fourth-order valence-corrected chi connectivity index (χ4v) is 6.47. The van der Waals surface area contributed by atoms with E-state index < -0.39 is 34.3 Å². The van der Waals surface area contributed by atoms with E-state index in [4.69, 9.17) is 11.6 Å². The van der Waals surface area contributed by atoms with Crippen molar-refractivity contribution < 1.29 is 22.4 Å². The molecule has 0 fully saturated rings. The molecule has 0 aliphatic carbocycles. The second kappa shape index (κ2) is 15.4. The molecule has 4 aromatic carbocycles. The molecule has 0 unspecified atom stereocenters. The lowest BCUT2D eigenvalue weighted by Crippen LogP contribution is -2.54. The number of carbonyl (C=O) groups is 2. The van der Waals surface area contributed by atoms with Gasteiger partial charge in [-0.15, -0.1) is 0 Å². The molecule has 0 spiro atoms. The summed E-state index contributed by atoms with van der Waals surface area (Å²) in [5, 5.41) is 3.34. The number of rotatable bonds is 13. The van der Waals surface area contributed by atoms with E-state index in [0.29, 0.717) is 17.0 Å². The van der Waals surface area contributed by atoms with Gasteiger partial charge < -0.3 is 10.2 Å². The van der Waals surface area contributed by atoms with Crippen molar-refractivity contribution in [2.75, 3.05) is 10.8 Å². The van der Waals surface area contributed by atoms with E-state index in [-0.39, 0.29) is 35.5 Å². The first kappa shape index (κ1) is 34.7. The highest BCUT2D eigenvalue weighted by Gasteiger charge is 2.35. The zero-order valence-corrected chi connectivity index (χ0v) is 28.0. The van der Waals surface area contributed by atoms with Gasteiger partial charge >= 0.3 is 0 Å². The molecule has 0 saturated heterocycles. The number of nitrogens with one attached hydrogen (secondary N) is 1. The zero-order chi connectivity index (χ0) is 33.4. The highest BCUT2D eigenvalue weighted by atomic mass is 35.5. The molecule has 0 aromatic heterocycles. The van der Waals surface area contributed by atoms with Gasteiger partial charge in [0, 0.05) is 24.0 Å². The molecule has 0 heterocycles. The van der Waals surface area contributed by atoms with Gasteiger partial charge in [0.05, 0.1) is 10.6 Å². The van der Waals surface area contributed by atoms with E-state index in [2.05, 4.69) is 5.32 Å². The average molecular weight is 664 g/mol. The number of carbonyl (C=O) groups excluding carboxylic acids is 2. The van der Waals surface area contributed by atoms with E-state index in [9.17, 15) is 22.4 Å². The SMILES string of the molecule is CC[C@@H](C)NC(=O)[C@@H](Cc1ccccc1)N(Cc1ccc(F)cc1)C(=O)CN(c1ccc(C)c(Cl)c1)S(=O)(=O)c1ccc(C)cc1. The average Bonchev–Trinajstić information content (AvgIpc) is 3.04. The summed E-state index contributed by atoms with van der Waals surface area (Å²) in [5.41, 5.74) is 3.22. The van der Waals surface area contributed by atoms with Gasteiger partial charge in [0.2, 0.25) is 11.8 Å². The Morgan fingerprint density at radius 1 is 0.891 bits per heavy atom. The predicted octanol–water partition coefficient (Wildman–Crippen LogP) is 6.85. The first-order valence-corrected chi connectivity index (χ1v) is 16.9. The Balaban J connectivity index is 1.82. The Labute approximate surface area is 276 Å². The number of anilines is 1. The number of amides is 2. The smallest absolute Gasteiger partial charge is 0.264 e. The molecule has 2 amide bonds. The molecule has 1 N–H and O–H groups in total. The van der Waals surface area contributed by atoms with Crippen molar-refractivity contribution in [2.45, 2.75) is 64.1 Å². The number of aryl methyl sites for hydroxylation is 2. The highest BCUT2D eigenvalue weighted by molar-refractivity contribution is 7.92. The van der Waals surface area contributed by atoms with Crippen LogP contribution in [-0.2, 0) is 32.6 Å². The summed E-state index contributed by atoms with van der Waals surface area (Å²) in [4.78, 5) is 29.8. The fourth-order valence-electron chi connectivity index (χ4n) is 4.88. The second-order valence-corrected chi connectivity index (χ2v) is 13.7. The molecule has 4 aromatic rings. The topological polar surface area (TPSA) is 86.8 Å². The van der Waals surface area contributed by atoms with Gasteiger partial charge in [0.1, 0.15) is 18.4 Å². The van der Waals surface area contributed by atoms with Crippen molar-refractivity contribution in [3.05, 3.63) is 130 Å². The standard InChI is InChI=1S/C36H39ClFN3O4S/c1-5-27(4)39-36(43)34(21-28-9-7-6-8-10-28)40(23-29-14-16-30(38)17-15-29)35(42)24-41(31-18-13-26(3)33(37)22-31)46(44,45)32-19-11-25(2)12-20-32/h6-20,22,27,34H,5,21,23-24H2,1-4H3,(H,39,43)/t27-,34-/m1/s1. The fraction of sp³-hybridized carbons (Fsp3) is 0.278. The van der Waals surface area contributed by atoms with Crippen LogP contribution in [0.1, 0.15) is 42.5 Å². The summed E-state index contributed by atoms with van der Waals surface area (Å²) in [7, 11) is -4.26. The molecular weight excluding hydrogens is 625 g/mol. The molecular formula is C36H39ClFN3O4S. The van der Waals surface area contributed by atoms with Crippen LogP contribution in [0.25, 0.3) is 0 Å². The third kappa shape index (κ3) is 8.73. The van der Waals surface area contributed by atoms with Crippen LogP contribution in [0, 0.1) is 19.7 Å². The van der Waals surface area contributed by atoms with Gasteiger partial charge in [0.15, 0.2) is 0 Å². The minimum Gasteiger partial charge on any atom is -0.352 e. The third-order valence-corrected chi connectivity index (χ3v) is 10.1. The lowest BCUT2D eigenvalue weighted by Gasteiger charge is -2.34. The van der Waals surface area contributed by atoms with Crippen LogP contribution in [0.4, 0.5) is 10.1 Å². The van der Waals surface area contributed by atoms with Gasteiger partial charge in [-0.1, -0.05) is 84.8 Å². The Morgan fingerprint density at radius 2 is 1.54 bits per heavy atom. The maximum Gasteiger partial charge on any atom is 0.264 e. The van der Waals surface area contributed by atoms with Crippen molar-refractivity contribution in [3.63, 3.8) is 0 Å². The van der Waals surface area contributed by atoms with E-state index in [1.807, 2.05) is 51.1 Å². The summed E-state index contributed by atoms with van der Waals surface area (Å²) in [6.07, 6.45) is 0.851. The predicted molar refractivity (Wildman–Crippen MR) is 181 cm³/mol. The van der Waals surface area contributed by atoms with Crippen LogP contribution in [0.15, 0.2) is 102 Å². The lowest BCUT2D eigenvalue weighted by atomic mass is 10.0. The van der Waals surface area contributed by atoms with E-state index >= 15 is 0 Å². The van der Waals surface area contributed by atoms with Crippen LogP contribution < -0.4 is 9.62 Å². The lowest BCUT2D eigenvalue weighted by molar-refractivity contribution is -0.140. The molecule has 0 aliphatic heterocycles. The molecule has 0 bridgehead atoms. The first-order chi connectivity index (χ1) is 21.9. The summed E-state index contributed by atoms with van der Waals surface area (Å²) >= 11 is 6.44. The zero-order valence-electron chi connectivity index (χ0n) is 26.4. The Hall–Kier alpha value is -4.21. The molecule has 2 atom stereocenters. The highest BCUT2D eigenvalue weighted by Crippen LogP contribution is 2.29. The van der Waals surface area contributed by atoms with Crippen molar-refractivity contribution in [1.82, 2.24) is 10.2 Å². The maximum absolute atomic E-state index is 14.5. The van der Waals surface area contributed by atoms with Crippen LogP contribution in [0.5, 0.6) is 0 Å². The van der Waals surface area contributed by atoms with Crippen molar-refractivity contribution in [3.8, 4) is 0 Å². The summed E-state index contributed by atoms with van der Waals surface area (Å²) in [6.45, 7) is 6.79. The van der Waals surface area contributed by atoms with Crippen LogP contribution in [-0.4, -0.2) is 43.8 Å². The van der Waals surface area contributed by atoms with E-state index in [1.54, 1.807) is 43.3 Å². The molecule has 4 rings (SSSR count). The quantitative estimate of drug-likeness (QED) is 0.170. The van der Waals surface area contributed by atoms with Gasteiger partial charge in [-0.3, -0.25) is 13.9 Å². The van der Waals surface area contributed by atoms with Crippen molar-refractivity contribution >= 4 is 39.1 Å². The van der Waals surface area contributed by atoms with Gasteiger partial charge in [-0.05, 0) is 80.3 Å². The number of hydrogen-bond donors (Lipinski definition) is 1. The number of halogens is 2. The monoisotopic (exact) mass is 663 g/mol. The van der Waals surface area contributed by atoms with Gasteiger partial charge in [-0.25, -0.2) is 12.8 Å². The van der Waals surface area contributed by atoms with Crippen LogP contribution in [0.3, 0.4) is 0 Å². The van der Waals surface area contributed by atoms with Crippen LogP contribution >= 0.6 is 11.6 Å². The van der Waals surface area contributed by atoms with E-state index in [1.165, 1.54) is 35.2 Å². The Morgan fingerprint density at radius 3 is 2.15 bits per heavy atom. The van der Waals surface area contributed by atoms with Crippen LogP contribution in [0.2, 0.25) is 5.02 Å². The van der Waals surface area contributed by atoms with Gasteiger partial charge in [0.25, 0.3) is 10.0 Å². The summed E-state index contributed by atoms with van der Waals surface area (Å²) < 4.78 is 43.2. The molecule has 0 aliphatic rings. The molecule has 46 heavy (non-hydrogen) atoms. The summed E-state index contributed by atoms with van der Waals surface area (Å²) in [6, 6.07) is 24.9. The number of nitrogens with zero attached hydrogens (tertiary/aromatic N) is 2. The number of benzene rings is 4.